The molecule has 2 aliphatic rings. The molecule has 9 nitrogen and oxygen atoms in total. The van der Waals surface area contributed by atoms with Gasteiger partial charge in [0.15, 0.2) is 12.2 Å². The van der Waals surface area contributed by atoms with Gasteiger partial charge in [-0.1, -0.05) is 12.1 Å². The van der Waals surface area contributed by atoms with Crippen molar-refractivity contribution in [3.63, 3.8) is 0 Å². The lowest BCUT2D eigenvalue weighted by atomic mass is 9.92. The minimum Gasteiger partial charge on any atom is -0.438 e. The van der Waals surface area contributed by atoms with Crippen LogP contribution in [0.15, 0.2) is 29.0 Å². The Balaban J connectivity index is 1.58. The van der Waals surface area contributed by atoms with Crippen molar-refractivity contribution in [2.24, 2.45) is 0 Å². The van der Waals surface area contributed by atoms with Gasteiger partial charge in [0.1, 0.15) is 5.78 Å². The molecule has 3 amide bonds. The number of amides is 3. The van der Waals surface area contributed by atoms with E-state index in [4.69, 9.17) is 4.42 Å². The molecule has 1 aliphatic heterocycles. The van der Waals surface area contributed by atoms with Gasteiger partial charge in [-0.15, -0.1) is 0 Å². The van der Waals surface area contributed by atoms with Crippen molar-refractivity contribution < 1.29 is 28.4 Å². The molecule has 0 radical (unpaired) electrons. The Morgan fingerprint density at radius 1 is 1.24 bits per heavy atom. The number of rotatable bonds is 4. The Morgan fingerprint density at radius 3 is 2.72 bits per heavy atom. The predicted molar refractivity (Wildman–Crippen MR) is 97.0 cm³/mol. The van der Waals surface area contributed by atoms with Crippen LogP contribution in [0.25, 0.3) is 0 Å². The molecule has 1 atom stereocenters. The molecule has 2 heterocycles. The zero-order chi connectivity index (χ0) is 20.7. The van der Waals surface area contributed by atoms with Crippen LogP contribution in [0.2, 0.25) is 0 Å². The predicted octanol–water partition coefficient (Wildman–Crippen LogP) is 1.20. The third kappa shape index (κ3) is 3.14. The molecule has 148 valence electrons. The molecule has 29 heavy (non-hydrogen) atoms. The number of carbonyl (C=O) groups is 5. The minimum absolute atomic E-state index is 0.00783. The van der Waals surface area contributed by atoms with E-state index in [1.165, 1.54) is 6.07 Å². The third-order valence-corrected chi connectivity index (χ3v) is 5.18. The van der Waals surface area contributed by atoms with E-state index in [2.05, 4.69) is 10.3 Å². The quantitative estimate of drug-likeness (QED) is 0.609. The summed E-state index contributed by atoms with van der Waals surface area (Å²) in [4.78, 5) is 66.6. The fraction of sp³-hybridized carbons (Fsp3) is 0.300. The first-order valence-corrected chi connectivity index (χ1v) is 9.11. The number of carbonyl (C=O) groups excluding carboxylic acids is 5. The van der Waals surface area contributed by atoms with Gasteiger partial charge in [-0.3, -0.25) is 28.9 Å². The monoisotopic (exact) mass is 395 g/mol. The second-order valence-electron chi connectivity index (χ2n) is 7.01. The van der Waals surface area contributed by atoms with Crippen molar-refractivity contribution in [2.75, 3.05) is 0 Å². The lowest BCUT2D eigenvalue weighted by molar-refractivity contribution is -0.132. The van der Waals surface area contributed by atoms with E-state index in [0.29, 0.717) is 11.3 Å². The smallest absolute Gasteiger partial charge is 0.289 e. The van der Waals surface area contributed by atoms with Gasteiger partial charge in [0, 0.05) is 13.0 Å². The second kappa shape index (κ2) is 7.08. The molecule has 1 aromatic carbocycles. The Hall–Kier alpha value is -3.62. The number of aromatic nitrogens is 1. The second-order valence-corrected chi connectivity index (χ2v) is 7.01. The van der Waals surface area contributed by atoms with Crippen LogP contribution in [-0.4, -0.2) is 45.2 Å². The summed E-state index contributed by atoms with van der Waals surface area (Å²) in [6.07, 6.45) is 1.19. The number of nitrogens with zero attached hydrogens (tertiary/aromatic N) is 2. The van der Waals surface area contributed by atoms with Crippen LogP contribution in [0.5, 0.6) is 0 Å². The molecule has 0 saturated heterocycles. The summed E-state index contributed by atoms with van der Waals surface area (Å²) in [7, 11) is 0. The number of imide groups is 1. The summed E-state index contributed by atoms with van der Waals surface area (Å²) in [5, 5.41) is 2.65. The first-order chi connectivity index (χ1) is 13.9. The first-order valence-electron chi connectivity index (χ1n) is 9.11. The van der Waals surface area contributed by atoms with E-state index in [1.54, 1.807) is 19.1 Å². The number of hydrogen-bond donors (Lipinski definition) is 1. The van der Waals surface area contributed by atoms with Gasteiger partial charge in [-0.05, 0) is 25.0 Å². The Kier molecular flexibility index (Phi) is 4.57. The molecule has 1 saturated carbocycles. The van der Waals surface area contributed by atoms with Crippen LogP contribution < -0.4 is 5.32 Å². The number of Topliss-reactive ketones (excluding diaryl/α,β-unsaturated/α-hetero) is 2. The number of ketones is 2. The van der Waals surface area contributed by atoms with Crippen molar-refractivity contribution in [2.45, 2.75) is 38.8 Å². The van der Waals surface area contributed by atoms with E-state index < -0.39 is 29.5 Å². The van der Waals surface area contributed by atoms with Crippen molar-refractivity contribution in [1.29, 1.82) is 0 Å². The first kappa shape index (κ1) is 18.7. The number of hydrogen-bond acceptors (Lipinski definition) is 7. The van der Waals surface area contributed by atoms with Crippen LogP contribution in [0, 0.1) is 6.92 Å². The van der Waals surface area contributed by atoms with Crippen molar-refractivity contribution >= 4 is 29.3 Å². The molecule has 1 aliphatic carbocycles. The molecule has 2 aromatic rings. The van der Waals surface area contributed by atoms with Crippen LogP contribution in [0.4, 0.5) is 0 Å². The Labute approximate surface area is 165 Å². The number of fused-ring (bicyclic) bond motifs is 1. The summed E-state index contributed by atoms with van der Waals surface area (Å²) < 4.78 is 5.04. The summed E-state index contributed by atoms with van der Waals surface area (Å²) >= 11 is 0. The average Bonchev–Trinajstić information content (AvgIpc) is 3.23. The van der Waals surface area contributed by atoms with Crippen LogP contribution in [0.1, 0.15) is 61.8 Å². The normalized spacial score (nSPS) is 18.9. The number of oxazole rings is 1. The molecule has 1 fully saturated rings. The summed E-state index contributed by atoms with van der Waals surface area (Å²) in [5.74, 6) is -2.18. The largest absolute Gasteiger partial charge is 0.438 e. The SMILES string of the molecule is Cc1ncoc1C(=O)NCc1cccc2c1C(=O)N(C1CCC(=O)CC1=O)C2=O. The maximum Gasteiger partial charge on any atom is 0.289 e. The standard InChI is InChI=1S/C20H17N3O6/c1-10-17(29-9-22-10)18(26)21-8-11-3-2-4-13-16(11)20(28)23(19(13)27)14-6-5-12(24)7-15(14)25/h2-4,9,14H,5-8H2,1H3,(H,21,26). The van der Waals surface area contributed by atoms with Gasteiger partial charge in [0.25, 0.3) is 17.7 Å². The zero-order valence-electron chi connectivity index (χ0n) is 15.6. The third-order valence-electron chi connectivity index (χ3n) is 5.18. The highest BCUT2D eigenvalue weighted by atomic mass is 16.3. The van der Waals surface area contributed by atoms with Crippen LogP contribution in [0.3, 0.4) is 0 Å². The van der Waals surface area contributed by atoms with Crippen molar-refractivity contribution in [3.8, 4) is 0 Å². The van der Waals surface area contributed by atoms with Gasteiger partial charge < -0.3 is 9.73 Å². The molecule has 1 aromatic heterocycles. The number of aryl methyl sites for hydroxylation is 1. The van der Waals surface area contributed by atoms with Gasteiger partial charge in [-0.25, -0.2) is 4.98 Å². The van der Waals surface area contributed by atoms with Gasteiger partial charge in [0.05, 0.1) is 29.3 Å². The molecular formula is C20H17N3O6. The van der Waals surface area contributed by atoms with Gasteiger partial charge >= 0.3 is 0 Å². The molecular weight excluding hydrogens is 378 g/mol. The lowest BCUT2D eigenvalue weighted by Gasteiger charge is -2.27. The van der Waals surface area contributed by atoms with Gasteiger partial charge in [-0.2, -0.15) is 0 Å². The zero-order valence-corrected chi connectivity index (χ0v) is 15.6. The van der Waals surface area contributed by atoms with Crippen molar-refractivity contribution in [1.82, 2.24) is 15.2 Å². The lowest BCUT2D eigenvalue weighted by Crippen LogP contribution is -2.47. The fourth-order valence-electron chi connectivity index (χ4n) is 3.71. The minimum atomic E-state index is -0.931. The number of benzene rings is 1. The topological polar surface area (TPSA) is 127 Å². The van der Waals surface area contributed by atoms with E-state index >= 15 is 0 Å². The molecule has 1 N–H and O–H groups in total. The van der Waals surface area contributed by atoms with E-state index in [0.717, 1.165) is 11.3 Å². The van der Waals surface area contributed by atoms with E-state index in [9.17, 15) is 24.0 Å². The molecule has 4 rings (SSSR count). The number of nitrogens with one attached hydrogen (secondary N) is 1. The average molecular weight is 395 g/mol. The van der Waals surface area contributed by atoms with E-state index in [-0.39, 0.29) is 48.5 Å². The molecule has 1 unspecified atom stereocenters. The highest BCUT2D eigenvalue weighted by Crippen LogP contribution is 2.31. The summed E-state index contributed by atoms with van der Waals surface area (Å²) in [6, 6.07) is 3.83. The summed E-state index contributed by atoms with van der Waals surface area (Å²) in [6.45, 7) is 1.62. The van der Waals surface area contributed by atoms with Crippen LogP contribution >= 0.6 is 0 Å². The Morgan fingerprint density at radius 2 is 2.03 bits per heavy atom. The highest BCUT2D eigenvalue weighted by molar-refractivity contribution is 6.24. The van der Waals surface area contributed by atoms with Crippen molar-refractivity contribution in [3.05, 3.63) is 52.7 Å². The van der Waals surface area contributed by atoms with Crippen LogP contribution in [-0.2, 0) is 16.1 Å². The fourth-order valence-corrected chi connectivity index (χ4v) is 3.71. The summed E-state index contributed by atoms with van der Waals surface area (Å²) in [5.41, 5.74) is 1.23. The Bertz CT molecular complexity index is 1070. The maximum absolute atomic E-state index is 13.0. The molecule has 0 spiro atoms. The highest BCUT2D eigenvalue weighted by Gasteiger charge is 2.45. The molecule has 0 bridgehead atoms. The van der Waals surface area contributed by atoms with E-state index in [1.807, 2.05) is 0 Å². The van der Waals surface area contributed by atoms with Gasteiger partial charge in [0.2, 0.25) is 5.76 Å². The molecule has 9 heteroatoms. The maximum atomic E-state index is 13.0.